The smallest absolute Gasteiger partial charge is 0.273 e. The highest BCUT2D eigenvalue weighted by Gasteiger charge is 2.32. The van der Waals surface area contributed by atoms with Crippen molar-refractivity contribution >= 4 is 17.3 Å². The Bertz CT molecular complexity index is 1360. The van der Waals surface area contributed by atoms with E-state index < -0.39 is 5.92 Å². The Morgan fingerprint density at radius 2 is 1.89 bits per heavy atom. The van der Waals surface area contributed by atoms with Gasteiger partial charge >= 0.3 is 0 Å². The first-order chi connectivity index (χ1) is 17.8. The second-order valence-corrected chi connectivity index (χ2v) is 9.15. The predicted molar refractivity (Wildman–Crippen MR) is 143 cm³/mol. The minimum atomic E-state index is -3.02. The molecule has 190 valence electrons. The van der Waals surface area contributed by atoms with Crippen LogP contribution in [0.25, 0.3) is 16.8 Å². The number of carbonyl (C=O) groups excluding carboxylic acids is 1. The molecule has 37 heavy (non-hydrogen) atoms. The van der Waals surface area contributed by atoms with Gasteiger partial charge in [0.1, 0.15) is 5.82 Å². The van der Waals surface area contributed by atoms with Crippen LogP contribution in [0.15, 0.2) is 84.5 Å². The molecule has 0 fully saturated rings. The molecule has 1 amide bonds. The summed E-state index contributed by atoms with van der Waals surface area (Å²) in [5, 5.41) is 2.74. The van der Waals surface area contributed by atoms with Crippen LogP contribution in [0.2, 0.25) is 0 Å². The summed E-state index contributed by atoms with van der Waals surface area (Å²) >= 11 is 0. The predicted octanol–water partition coefficient (Wildman–Crippen LogP) is 7.29. The quantitative estimate of drug-likeness (QED) is 0.353. The van der Waals surface area contributed by atoms with Crippen LogP contribution in [-0.4, -0.2) is 20.9 Å². The number of anilines is 1. The van der Waals surface area contributed by atoms with Crippen molar-refractivity contribution in [3.05, 3.63) is 101 Å². The third-order valence-corrected chi connectivity index (χ3v) is 6.35. The molecule has 2 heterocycles. The molecule has 1 N–H and O–H groups in total. The van der Waals surface area contributed by atoms with Gasteiger partial charge in [-0.05, 0) is 54.7 Å². The van der Waals surface area contributed by atoms with Crippen LogP contribution >= 0.6 is 0 Å². The molecule has 2 aromatic heterocycles. The first-order valence-electron chi connectivity index (χ1n) is 12.4. The standard InChI is InChI=1S/C30H30F2N4O/c1-4-21-6-8-23(15-20(3)14-21)25-10-7-22(16-26(25)30(31,32)5-2)17-29(37)36-28-11-9-24(18-35-28)27-19-33-12-13-34-27/h6-13,15-16,18-19H,4-5,14,17H2,1-3H3,(H,35,36,37). The molecule has 1 aliphatic carbocycles. The van der Waals surface area contributed by atoms with Crippen LogP contribution in [-0.2, 0) is 17.1 Å². The van der Waals surface area contributed by atoms with Gasteiger partial charge in [0, 0.05) is 36.1 Å². The molecule has 3 aromatic rings. The molecule has 0 saturated heterocycles. The molecule has 0 bridgehead atoms. The summed E-state index contributed by atoms with van der Waals surface area (Å²) in [7, 11) is 0. The highest BCUT2D eigenvalue weighted by atomic mass is 19.3. The van der Waals surface area contributed by atoms with Crippen molar-refractivity contribution in [3.63, 3.8) is 0 Å². The third-order valence-electron chi connectivity index (χ3n) is 6.35. The van der Waals surface area contributed by atoms with Gasteiger partial charge in [-0.2, -0.15) is 0 Å². The maximum absolute atomic E-state index is 15.1. The number of allylic oxidation sites excluding steroid dienone is 6. The number of rotatable bonds is 8. The maximum Gasteiger partial charge on any atom is 0.273 e. The summed E-state index contributed by atoms with van der Waals surface area (Å²) in [5.74, 6) is -2.99. The summed E-state index contributed by atoms with van der Waals surface area (Å²) in [6.45, 7) is 5.58. The summed E-state index contributed by atoms with van der Waals surface area (Å²) in [6, 6.07) is 8.37. The zero-order valence-corrected chi connectivity index (χ0v) is 21.3. The lowest BCUT2D eigenvalue weighted by molar-refractivity contribution is -0.115. The average Bonchev–Trinajstić information content (AvgIpc) is 3.10. The summed E-state index contributed by atoms with van der Waals surface area (Å²) in [5.41, 5.74) is 5.54. The molecule has 1 aliphatic rings. The normalized spacial score (nSPS) is 13.8. The Balaban J connectivity index is 1.55. The zero-order valence-electron chi connectivity index (χ0n) is 21.3. The summed E-state index contributed by atoms with van der Waals surface area (Å²) < 4.78 is 30.2. The minimum Gasteiger partial charge on any atom is -0.310 e. The van der Waals surface area contributed by atoms with E-state index in [4.69, 9.17) is 0 Å². The van der Waals surface area contributed by atoms with Crippen molar-refractivity contribution in [1.82, 2.24) is 15.0 Å². The number of aromatic nitrogens is 3. The summed E-state index contributed by atoms with van der Waals surface area (Å²) in [6.07, 6.45) is 13.7. The minimum absolute atomic E-state index is 0.0472. The monoisotopic (exact) mass is 500 g/mol. The van der Waals surface area contributed by atoms with Gasteiger partial charge in [-0.25, -0.2) is 13.8 Å². The van der Waals surface area contributed by atoms with Crippen LogP contribution in [0, 0.1) is 0 Å². The third kappa shape index (κ3) is 6.42. The Morgan fingerprint density at radius 3 is 2.57 bits per heavy atom. The van der Waals surface area contributed by atoms with Gasteiger partial charge in [0.15, 0.2) is 0 Å². The molecule has 7 heteroatoms. The number of hydrogen-bond acceptors (Lipinski definition) is 4. The number of halogens is 2. The van der Waals surface area contributed by atoms with Crippen molar-refractivity contribution in [2.24, 2.45) is 0 Å². The van der Waals surface area contributed by atoms with E-state index in [0.29, 0.717) is 22.6 Å². The van der Waals surface area contributed by atoms with Gasteiger partial charge in [0.2, 0.25) is 5.91 Å². The van der Waals surface area contributed by atoms with Gasteiger partial charge in [0.05, 0.1) is 18.3 Å². The summed E-state index contributed by atoms with van der Waals surface area (Å²) in [4.78, 5) is 25.3. The number of nitrogens with zero attached hydrogens (tertiary/aromatic N) is 3. The van der Waals surface area contributed by atoms with E-state index in [1.165, 1.54) is 18.6 Å². The lowest BCUT2D eigenvalue weighted by atomic mass is 9.91. The Labute approximate surface area is 216 Å². The molecule has 4 rings (SSSR count). The SMILES string of the molecule is CCC1=CC=C(c2ccc(CC(=O)Nc3ccc(-c4cnccn4)cn3)cc2C(F)(F)CC)C=C(C)C1. The molecule has 5 nitrogen and oxygen atoms in total. The Morgan fingerprint density at radius 1 is 1.05 bits per heavy atom. The van der Waals surface area contributed by atoms with Crippen molar-refractivity contribution in [2.45, 2.75) is 52.4 Å². The lowest BCUT2D eigenvalue weighted by Gasteiger charge is -2.20. The highest BCUT2D eigenvalue weighted by molar-refractivity contribution is 5.91. The van der Waals surface area contributed by atoms with Crippen LogP contribution in [0.5, 0.6) is 0 Å². The number of pyridine rings is 1. The maximum atomic E-state index is 15.1. The van der Waals surface area contributed by atoms with E-state index in [9.17, 15) is 4.79 Å². The number of alkyl halides is 2. The van der Waals surface area contributed by atoms with Crippen molar-refractivity contribution < 1.29 is 13.6 Å². The number of benzene rings is 1. The molecule has 0 aliphatic heterocycles. The molecule has 0 atom stereocenters. The zero-order chi connectivity index (χ0) is 26.4. The van der Waals surface area contributed by atoms with Gasteiger partial charge in [-0.3, -0.25) is 14.8 Å². The Hall–Kier alpha value is -4.00. The van der Waals surface area contributed by atoms with Crippen LogP contribution in [0.3, 0.4) is 0 Å². The first-order valence-corrected chi connectivity index (χ1v) is 12.4. The van der Waals surface area contributed by atoms with E-state index >= 15 is 8.78 Å². The van der Waals surface area contributed by atoms with Crippen molar-refractivity contribution in [3.8, 4) is 11.3 Å². The number of amides is 1. The van der Waals surface area contributed by atoms with E-state index in [0.717, 1.165) is 29.6 Å². The van der Waals surface area contributed by atoms with Gasteiger partial charge in [-0.1, -0.05) is 55.4 Å². The number of carbonyl (C=O) groups is 1. The molecule has 0 unspecified atom stereocenters. The molecule has 1 aromatic carbocycles. The van der Waals surface area contributed by atoms with Gasteiger partial charge in [-0.15, -0.1) is 0 Å². The van der Waals surface area contributed by atoms with Crippen LogP contribution < -0.4 is 5.32 Å². The molecule has 0 radical (unpaired) electrons. The van der Waals surface area contributed by atoms with E-state index in [-0.39, 0.29) is 24.3 Å². The molecule has 0 saturated carbocycles. The Kier molecular flexibility index (Phi) is 8.01. The number of nitrogens with one attached hydrogen (secondary N) is 1. The second kappa shape index (κ2) is 11.4. The van der Waals surface area contributed by atoms with Crippen LogP contribution in [0.4, 0.5) is 14.6 Å². The first kappa shape index (κ1) is 26.1. The van der Waals surface area contributed by atoms with E-state index in [1.54, 1.807) is 49.1 Å². The fourth-order valence-electron chi connectivity index (χ4n) is 4.29. The second-order valence-electron chi connectivity index (χ2n) is 9.15. The fourth-order valence-corrected chi connectivity index (χ4v) is 4.29. The topological polar surface area (TPSA) is 67.8 Å². The molecular formula is C30H30F2N4O. The number of hydrogen-bond donors (Lipinski definition) is 1. The highest BCUT2D eigenvalue weighted by Crippen LogP contribution is 2.38. The largest absolute Gasteiger partial charge is 0.310 e. The van der Waals surface area contributed by atoms with E-state index in [2.05, 4.69) is 27.2 Å². The van der Waals surface area contributed by atoms with Crippen molar-refractivity contribution in [2.75, 3.05) is 5.32 Å². The lowest BCUT2D eigenvalue weighted by Crippen LogP contribution is -2.18. The average molecular weight is 501 g/mol. The van der Waals surface area contributed by atoms with Crippen molar-refractivity contribution in [1.29, 1.82) is 0 Å². The van der Waals surface area contributed by atoms with Gasteiger partial charge < -0.3 is 5.32 Å². The molecule has 0 spiro atoms. The van der Waals surface area contributed by atoms with E-state index in [1.807, 2.05) is 25.2 Å². The fraction of sp³-hybridized carbons (Fsp3) is 0.267. The van der Waals surface area contributed by atoms with Gasteiger partial charge in [0.25, 0.3) is 5.92 Å². The van der Waals surface area contributed by atoms with Crippen LogP contribution in [0.1, 0.15) is 56.7 Å². The molecular weight excluding hydrogens is 470 g/mol.